The number of nitrogens with one attached hydrogen (secondary N) is 1. The van der Waals surface area contributed by atoms with Crippen LogP contribution in [0.4, 0.5) is 5.69 Å². The van der Waals surface area contributed by atoms with Crippen molar-refractivity contribution in [3.63, 3.8) is 0 Å². The van der Waals surface area contributed by atoms with Gasteiger partial charge < -0.3 is 14.8 Å². The van der Waals surface area contributed by atoms with Crippen molar-refractivity contribution >= 4 is 17.5 Å². The number of carbonyl (C=O) groups is 2. The summed E-state index contributed by atoms with van der Waals surface area (Å²) in [5, 5.41) is 3.00. The van der Waals surface area contributed by atoms with Gasteiger partial charge in [-0.2, -0.15) is 0 Å². The molecule has 1 aromatic heterocycles. The summed E-state index contributed by atoms with van der Waals surface area (Å²) >= 11 is 0. The van der Waals surface area contributed by atoms with Crippen LogP contribution in [-0.2, 0) is 13.0 Å². The number of fused-ring (bicyclic) bond motifs is 1. The number of imidazole rings is 1. The van der Waals surface area contributed by atoms with Gasteiger partial charge in [0, 0.05) is 25.3 Å². The van der Waals surface area contributed by atoms with Crippen molar-refractivity contribution in [1.82, 2.24) is 14.5 Å². The number of anilines is 1. The Hall–Kier alpha value is -2.63. The van der Waals surface area contributed by atoms with Crippen LogP contribution in [-0.4, -0.2) is 39.4 Å². The molecule has 2 aliphatic rings. The monoisotopic (exact) mass is 394 g/mol. The van der Waals surface area contributed by atoms with Crippen molar-refractivity contribution in [2.75, 3.05) is 18.4 Å². The zero-order valence-corrected chi connectivity index (χ0v) is 17.6. The maximum atomic E-state index is 13.2. The predicted octanol–water partition coefficient (Wildman–Crippen LogP) is 3.96. The number of likely N-dealkylation sites (tertiary alicyclic amines) is 1. The van der Waals surface area contributed by atoms with E-state index in [2.05, 4.69) is 17.2 Å². The number of benzene rings is 1. The first-order valence-electron chi connectivity index (χ1n) is 10.7. The highest BCUT2D eigenvalue weighted by Crippen LogP contribution is 2.25. The summed E-state index contributed by atoms with van der Waals surface area (Å²) in [7, 11) is 0. The fraction of sp³-hybridized carbons (Fsp3) is 0.522. The molecule has 1 fully saturated rings. The summed E-state index contributed by atoms with van der Waals surface area (Å²) in [4.78, 5) is 32.8. The highest BCUT2D eigenvalue weighted by molar-refractivity contribution is 6.04. The molecule has 1 N–H and O–H groups in total. The Kier molecular flexibility index (Phi) is 5.43. The van der Waals surface area contributed by atoms with Gasteiger partial charge in [-0.25, -0.2) is 4.98 Å². The Labute approximate surface area is 172 Å². The fourth-order valence-electron chi connectivity index (χ4n) is 4.54. The zero-order valence-electron chi connectivity index (χ0n) is 17.6. The number of aryl methyl sites for hydroxylation is 2. The molecule has 29 heavy (non-hydrogen) atoms. The van der Waals surface area contributed by atoms with Crippen molar-refractivity contribution in [2.24, 2.45) is 5.92 Å². The molecule has 2 amide bonds. The molecule has 1 unspecified atom stereocenters. The number of hydrogen-bond acceptors (Lipinski definition) is 3. The number of amides is 2. The van der Waals surface area contributed by atoms with Crippen molar-refractivity contribution in [1.29, 1.82) is 0 Å². The van der Waals surface area contributed by atoms with Crippen LogP contribution in [0, 0.1) is 19.8 Å². The minimum absolute atomic E-state index is 0.0206. The van der Waals surface area contributed by atoms with E-state index in [1.807, 2.05) is 41.5 Å². The van der Waals surface area contributed by atoms with E-state index in [1.54, 1.807) is 0 Å². The van der Waals surface area contributed by atoms with Crippen LogP contribution >= 0.6 is 0 Å². The quantitative estimate of drug-likeness (QED) is 0.857. The van der Waals surface area contributed by atoms with Crippen LogP contribution in [0.2, 0.25) is 0 Å². The molecule has 0 aliphatic carbocycles. The minimum Gasteiger partial charge on any atom is -0.337 e. The third-order valence-corrected chi connectivity index (χ3v) is 6.10. The Morgan fingerprint density at radius 3 is 2.72 bits per heavy atom. The number of rotatable bonds is 3. The Morgan fingerprint density at radius 1 is 1.14 bits per heavy atom. The zero-order chi connectivity index (χ0) is 20.5. The van der Waals surface area contributed by atoms with Gasteiger partial charge in [-0.1, -0.05) is 24.6 Å². The molecule has 6 nitrogen and oxygen atoms in total. The lowest BCUT2D eigenvalue weighted by Gasteiger charge is -2.30. The van der Waals surface area contributed by atoms with Gasteiger partial charge in [0.05, 0.1) is 5.69 Å². The van der Waals surface area contributed by atoms with E-state index in [0.29, 0.717) is 17.4 Å². The number of carbonyl (C=O) groups excluding carboxylic acids is 2. The Balaban J connectivity index is 1.64. The van der Waals surface area contributed by atoms with Crippen molar-refractivity contribution in [3.05, 3.63) is 46.5 Å². The van der Waals surface area contributed by atoms with Crippen LogP contribution < -0.4 is 5.32 Å². The highest BCUT2D eigenvalue weighted by atomic mass is 16.2. The van der Waals surface area contributed by atoms with Crippen molar-refractivity contribution in [3.8, 4) is 0 Å². The van der Waals surface area contributed by atoms with Gasteiger partial charge in [0.2, 0.25) is 0 Å². The number of aromatic nitrogens is 2. The molecule has 0 bridgehead atoms. The largest absolute Gasteiger partial charge is 0.337 e. The van der Waals surface area contributed by atoms with E-state index < -0.39 is 0 Å². The van der Waals surface area contributed by atoms with E-state index in [9.17, 15) is 9.59 Å². The van der Waals surface area contributed by atoms with Crippen LogP contribution in [0.5, 0.6) is 0 Å². The van der Waals surface area contributed by atoms with Gasteiger partial charge in [-0.05, 0) is 63.5 Å². The molecule has 3 heterocycles. The standard InChI is InChI=1S/C23H30N4O2/c1-15-9-10-18(17(3)13-15)24-22(28)21-25-20(19-8-4-5-12-27(19)21)23(29)26-11-6-7-16(2)14-26/h9-10,13,16H,4-8,11-12,14H2,1-3H3,(H,24,28). The van der Waals surface area contributed by atoms with Crippen molar-refractivity contribution < 1.29 is 9.59 Å². The summed E-state index contributed by atoms with van der Waals surface area (Å²) in [6.45, 7) is 8.49. The molecular weight excluding hydrogens is 364 g/mol. The first-order valence-corrected chi connectivity index (χ1v) is 10.7. The van der Waals surface area contributed by atoms with E-state index >= 15 is 0 Å². The molecule has 0 saturated carbocycles. The Morgan fingerprint density at radius 2 is 1.97 bits per heavy atom. The van der Waals surface area contributed by atoms with Crippen LogP contribution in [0.25, 0.3) is 0 Å². The first kappa shape index (κ1) is 19.7. The topological polar surface area (TPSA) is 67.2 Å². The molecule has 1 saturated heterocycles. The van der Waals surface area contributed by atoms with Gasteiger partial charge in [-0.3, -0.25) is 9.59 Å². The molecule has 154 valence electrons. The third kappa shape index (κ3) is 3.93. The average Bonchev–Trinajstić information content (AvgIpc) is 3.09. The molecule has 2 aliphatic heterocycles. The lowest BCUT2D eigenvalue weighted by molar-refractivity contribution is 0.0676. The number of nitrogens with zero attached hydrogens (tertiary/aromatic N) is 3. The second-order valence-corrected chi connectivity index (χ2v) is 8.61. The molecular formula is C23H30N4O2. The third-order valence-electron chi connectivity index (χ3n) is 6.10. The second kappa shape index (κ2) is 8.01. The molecule has 0 radical (unpaired) electrons. The molecule has 2 aromatic rings. The van der Waals surface area contributed by atoms with Crippen LogP contribution in [0.3, 0.4) is 0 Å². The Bertz CT molecular complexity index is 947. The first-order chi connectivity index (χ1) is 13.9. The SMILES string of the molecule is Cc1ccc(NC(=O)c2nc(C(=O)N3CCCC(C)C3)c3n2CCCC3)c(C)c1. The lowest BCUT2D eigenvalue weighted by atomic mass is 9.99. The molecule has 6 heteroatoms. The van der Waals surface area contributed by atoms with E-state index in [1.165, 1.54) is 0 Å². The van der Waals surface area contributed by atoms with E-state index in [0.717, 1.165) is 74.2 Å². The van der Waals surface area contributed by atoms with Gasteiger partial charge >= 0.3 is 0 Å². The summed E-state index contributed by atoms with van der Waals surface area (Å²) in [6.07, 6.45) is 5.02. The van der Waals surface area contributed by atoms with Gasteiger partial charge in [-0.15, -0.1) is 0 Å². The highest BCUT2D eigenvalue weighted by Gasteiger charge is 2.31. The fourth-order valence-corrected chi connectivity index (χ4v) is 4.54. The average molecular weight is 395 g/mol. The van der Waals surface area contributed by atoms with Crippen molar-refractivity contribution in [2.45, 2.75) is 59.4 Å². The smallest absolute Gasteiger partial charge is 0.291 e. The van der Waals surface area contributed by atoms with Crippen LogP contribution in [0.1, 0.15) is 70.5 Å². The maximum Gasteiger partial charge on any atom is 0.291 e. The molecule has 1 atom stereocenters. The summed E-state index contributed by atoms with van der Waals surface area (Å²) in [5.41, 5.74) is 4.35. The second-order valence-electron chi connectivity index (χ2n) is 8.61. The normalized spacial score (nSPS) is 19.0. The van der Waals surface area contributed by atoms with Gasteiger partial charge in [0.1, 0.15) is 5.69 Å². The van der Waals surface area contributed by atoms with E-state index in [4.69, 9.17) is 0 Å². The lowest BCUT2D eigenvalue weighted by Crippen LogP contribution is -2.39. The minimum atomic E-state index is -0.244. The molecule has 0 spiro atoms. The van der Waals surface area contributed by atoms with Gasteiger partial charge in [0.15, 0.2) is 5.82 Å². The maximum absolute atomic E-state index is 13.2. The number of hydrogen-bond donors (Lipinski definition) is 1. The van der Waals surface area contributed by atoms with Crippen LogP contribution in [0.15, 0.2) is 18.2 Å². The number of piperidine rings is 1. The van der Waals surface area contributed by atoms with Gasteiger partial charge in [0.25, 0.3) is 11.8 Å². The molecule has 1 aromatic carbocycles. The summed E-state index contributed by atoms with van der Waals surface area (Å²) in [6, 6.07) is 5.95. The summed E-state index contributed by atoms with van der Waals surface area (Å²) in [5.74, 6) is 0.602. The molecule has 4 rings (SSSR count). The predicted molar refractivity (Wildman–Crippen MR) is 113 cm³/mol. The summed E-state index contributed by atoms with van der Waals surface area (Å²) < 4.78 is 1.96. The van der Waals surface area contributed by atoms with E-state index in [-0.39, 0.29) is 11.8 Å².